The Hall–Kier alpha value is -1.82. The van der Waals surface area contributed by atoms with Crippen molar-refractivity contribution in [3.05, 3.63) is 65.2 Å². The molecule has 0 aromatic heterocycles. The van der Waals surface area contributed by atoms with E-state index < -0.39 is 0 Å². The van der Waals surface area contributed by atoms with Crippen molar-refractivity contribution in [1.29, 1.82) is 0 Å². The van der Waals surface area contributed by atoms with Crippen molar-refractivity contribution in [1.82, 2.24) is 0 Å². The molecule has 0 aliphatic heterocycles. The van der Waals surface area contributed by atoms with E-state index in [1.54, 1.807) is 0 Å². The van der Waals surface area contributed by atoms with Crippen LogP contribution in [0.5, 0.6) is 0 Å². The zero-order valence-electron chi connectivity index (χ0n) is 10.1. The molecule has 20 heavy (non-hydrogen) atoms. The lowest BCUT2D eigenvalue weighted by molar-refractivity contribution is 0.986. The van der Waals surface area contributed by atoms with Crippen molar-refractivity contribution >= 4 is 6.08 Å². The van der Waals surface area contributed by atoms with E-state index in [2.05, 4.69) is 61.5 Å². The van der Waals surface area contributed by atoms with Gasteiger partial charge in [0.2, 0.25) is 0 Å². The Morgan fingerprint density at radius 1 is 0.850 bits per heavy atom. The monoisotopic (exact) mass is 268 g/mol. The highest BCUT2D eigenvalue weighted by molar-refractivity contribution is 5.69. The van der Waals surface area contributed by atoms with E-state index >= 15 is 0 Å². The Balaban J connectivity index is 0.00000120. The second kappa shape index (κ2) is 7.69. The standard InChI is InChI=1S/C17H16.3CH4/c1-13-5-4-8-15(11-13)17-10-9-14-6-2-3-7-16(14)12-17;;;/h2,4-6,8-12H,3,7H2,1H3;3*1H4. The average Bonchev–Trinajstić information content (AvgIpc) is 2.38. The Morgan fingerprint density at radius 2 is 1.60 bits per heavy atom. The SMILES string of the molecule is C.C.C.Cc1cccc(-c2ccc3c(c2)CCC=C3)c1. The fraction of sp³-hybridized carbons (Fsp3) is 0.300. The van der Waals surface area contributed by atoms with E-state index in [0.29, 0.717) is 0 Å². The first-order valence-corrected chi connectivity index (χ1v) is 6.19. The molecule has 0 radical (unpaired) electrons. The first-order chi connectivity index (χ1) is 8.33. The second-order valence-corrected chi connectivity index (χ2v) is 4.72. The lowest BCUT2D eigenvalue weighted by Crippen LogP contribution is -1.94. The topological polar surface area (TPSA) is 0 Å². The lowest BCUT2D eigenvalue weighted by Gasteiger charge is -2.12. The highest BCUT2D eigenvalue weighted by Gasteiger charge is 2.06. The molecule has 0 atom stereocenters. The van der Waals surface area contributed by atoms with Gasteiger partial charge in [-0.15, -0.1) is 0 Å². The number of benzene rings is 2. The van der Waals surface area contributed by atoms with Gasteiger partial charge in [-0.3, -0.25) is 0 Å². The summed E-state index contributed by atoms with van der Waals surface area (Å²) in [4.78, 5) is 0. The molecule has 0 N–H and O–H groups in total. The predicted molar refractivity (Wildman–Crippen MR) is 94.2 cm³/mol. The van der Waals surface area contributed by atoms with Crippen LogP contribution in [0.3, 0.4) is 0 Å². The number of allylic oxidation sites excluding steroid dienone is 1. The van der Waals surface area contributed by atoms with Gasteiger partial charge >= 0.3 is 0 Å². The third-order valence-corrected chi connectivity index (χ3v) is 3.37. The van der Waals surface area contributed by atoms with Crippen LogP contribution in [0.15, 0.2) is 48.5 Å². The van der Waals surface area contributed by atoms with Crippen LogP contribution in [-0.2, 0) is 6.42 Å². The van der Waals surface area contributed by atoms with Gasteiger partial charge in [-0.2, -0.15) is 0 Å². The summed E-state index contributed by atoms with van der Waals surface area (Å²) in [6.07, 6.45) is 6.84. The maximum absolute atomic E-state index is 2.34. The van der Waals surface area contributed by atoms with Crippen LogP contribution < -0.4 is 0 Å². The van der Waals surface area contributed by atoms with Gasteiger partial charge in [0.1, 0.15) is 0 Å². The summed E-state index contributed by atoms with van der Waals surface area (Å²) in [5, 5.41) is 0. The van der Waals surface area contributed by atoms with Gasteiger partial charge in [-0.1, -0.05) is 82.5 Å². The van der Waals surface area contributed by atoms with E-state index in [9.17, 15) is 0 Å². The minimum atomic E-state index is 0. The van der Waals surface area contributed by atoms with Crippen molar-refractivity contribution in [2.45, 2.75) is 42.0 Å². The van der Waals surface area contributed by atoms with Gasteiger partial charge in [0.25, 0.3) is 0 Å². The number of hydrogen-bond donors (Lipinski definition) is 0. The normalized spacial score (nSPS) is 11.4. The average molecular weight is 268 g/mol. The van der Waals surface area contributed by atoms with Crippen LogP contribution in [0, 0.1) is 6.92 Å². The van der Waals surface area contributed by atoms with Crippen LogP contribution in [0.25, 0.3) is 17.2 Å². The zero-order chi connectivity index (χ0) is 11.7. The maximum Gasteiger partial charge on any atom is -0.0181 e. The van der Waals surface area contributed by atoms with E-state index in [4.69, 9.17) is 0 Å². The molecule has 0 spiro atoms. The molecule has 2 aromatic rings. The third kappa shape index (κ3) is 3.60. The third-order valence-electron chi connectivity index (χ3n) is 3.37. The first-order valence-electron chi connectivity index (χ1n) is 6.19. The summed E-state index contributed by atoms with van der Waals surface area (Å²) in [6.45, 7) is 2.14. The summed E-state index contributed by atoms with van der Waals surface area (Å²) in [6, 6.07) is 15.5. The minimum absolute atomic E-state index is 0. The minimum Gasteiger partial charge on any atom is -0.0836 e. The fourth-order valence-corrected chi connectivity index (χ4v) is 2.44. The molecular weight excluding hydrogens is 240 g/mol. The van der Waals surface area contributed by atoms with Crippen molar-refractivity contribution in [2.24, 2.45) is 0 Å². The molecule has 3 rings (SSSR count). The predicted octanol–water partition coefficient (Wildman–Crippen LogP) is 6.53. The van der Waals surface area contributed by atoms with Crippen LogP contribution in [-0.4, -0.2) is 0 Å². The molecule has 0 heterocycles. The van der Waals surface area contributed by atoms with Gasteiger partial charge in [0, 0.05) is 0 Å². The quantitative estimate of drug-likeness (QED) is 0.551. The largest absolute Gasteiger partial charge is 0.0836 e. The van der Waals surface area contributed by atoms with E-state index in [1.807, 2.05) is 0 Å². The highest BCUT2D eigenvalue weighted by atomic mass is 14.1. The van der Waals surface area contributed by atoms with Crippen LogP contribution in [0.1, 0.15) is 45.4 Å². The van der Waals surface area contributed by atoms with Gasteiger partial charge in [-0.25, -0.2) is 0 Å². The molecule has 108 valence electrons. The van der Waals surface area contributed by atoms with Crippen molar-refractivity contribution in [3.63, 3.8) is 0 Å². The zero-order valence-corrected chi connectivity index (χ0v) is 10.1. The molecule has 0 unspecified atom stereocenters. The van der Waals surface area contributed by atoms with Crippen LogP contribution in [0.4, 0.5) is 0 Å². The van der Waals surface area contributed by atoms with Crippen LogP contribution >= 0.6 is 0 Å². The summed E-state index contributed by atoms with van der Waals surface area (Å²) in [5.74, 6) is 0. The first kappa shape index (κ1) is 18.2. The summed E-state index contributed by atoms with van der Waals surface area (Å²) in [5.41, 5.74) is 6.84. The molecular formula is C20H28. The Kier molecular flexibility index (Phi) is 6.99. The molecule has 1 aliphatic carbocycles. The van der Waals surface area contributed by atoms with Gasteiger partial charge in [0.05, 0.1) is 0 Å². The number of rotatable bonds is 1. The summed E-state index contributed by atoms with van der Waals surface area (Å²) < 4.78 is 0. The fourth-order valence-electron chi connectivity index (χ4n) is 2.44. The summed E-state index contributed by atoms with van der Waals surface area (Å²) in [7, 11) is 0. The van der Waals surface area contributed by atoms with Gasteiger partial charge in [0.15, 0.2) is 0 Å². The molecule has 0 amide bonds. The van der Waals surface area contributed by atoms with Crippen molar-refractivity contribution in [2.75, 3.05) is 0 Å². The van der Waals surface area contributed by atoms with E-state index in [1.165, 1.54) is 40.7 Å². The lowest BCUT2D eigenvalue weighted by atomic mass is 9.93. The van der Waals surface area contributed by atoms with E-state index in [-0.39, 0.29) is 22.3 Å². The van der Waals surface area contributed by atoms with Crippen molar-refractivity contribution < 1.29 is 0 Å². The Morgan fingerprint density at radius 3 is 2.35 bits per heavy atom. The molecule has 1 aliphatic rings. The molecule has 0 saturated carbocycles. The second-order valence-electron chi connectivity index (χ2n) is 4.72. The Labute approximate surface area is 125 Å². The Bertz CT molecular complexity index is 576. The van der Waals surface area contributed by atoms with Crippen molar-refractivity contribution in [3.8, 4) is 11.1 Å². The number of hydrogen-bond acceptors (Lipinski definition) is 0. The molecule has 2 aromatic carbocycles. The molecule has 0 fully saturated rings. The van der Waals surface area contributed by atoms with Gasteiger partial charge < -0.3 is 0 Å². The molecule has 0 saturated heterocycles. The summed E-state index contributed by atoms with van der Waals surface area (Å²) >= 11 is 0. The number of aryl methyl sites for hydroxylation is 2. The molecule has 0 bridgehead atoms. The van der Waals surface area contributed by atoms with Gasteiger partial charge in [-0.05, 0) is 42.0 Å². The molecule has 0 nitrogen and oxygen atoms in total. The van der Waals surface area contributed by atoms with E-state index in [0.717, 1.165) is 0 Å². The maximum atomic E-state index is 2.34. The molecule has 0 heteroatoms. The number of fused-ring (bicyclic) bond motifs is 1. The van der Waals surface area contributed by atoms with Crippen LogP contribution in [0.2, 0.25) is 0 Å². The highest BCUT2D eigenvalue weighted by Crippen LogP contribution is 2.26. The smallest absolute Gasteiger partial charge is 0.0181 e.